The number of sulfonamides is 1. The summed E-state index contributed by atoms with van der Waals surface area (Å²) in [5.74, 6) is 2.05. The summed E-state index contributed by atoms with van der Waals surface area (Å²) in [6.45, 7) is 2.03. The highest BCUT2D eigenvalue weighted by Crippen LogP contribution is 2.49. The molecule has 0 saturated heterocycles. The predicted molar refractivity (Wildman–Crippen MR) is 92.7 cm³/mol. The van der Waals surface area contributed by atoms with Crippen LogP contribution in [0, 0.1) is 17.8 Å². The van der Waals surface area contributed by atoms with Crippen molar-refractivity contribution in [2.45, 2.75) is 43.5 Å². The maximum absolute atomic E-state index is 12.7. The highest BCUT2D eigenvalue weighted by molar-refractivity contribution is 7.89. The molecule has 4 heteroatoms. The summed E-state index contributed by atoms with van der Waals surface area (Å²) in [6, 6.07) is 13.2. The van der Waals surface area contributed by atoms with Gasteiger partial charge in [0, 0.05) is 6.04 Å². The van der Waals surface area contributed by atoms with E-state index in [2.05, 4.69) is 4.72 Å². The van der Waals surface area contributed by atoms with Crippen molar-refractivity contribution < 1.29 is 8.42 Å². The van der Waals surface area contributed by atoms with Crippen LogP contribution in [0.1, 0.15) is 32.6 Å². The van der Waals surface area contributed by atoms with Crippen LogP contribution in [-0.4, -0.2) is 14.5 Å². The Hall–Kier alpha value is -1.39. The molecule has 2 fully saturated rings. The first-order valence-corrected chi connectivity index (χ1v) is 10.0. The van der Waals surface area contributed by atoms with Gasteiger partial charge in [-0.25, -0.2) is 13.1 Å². The number of hydrogen-bond acceptors (Lipinski definition) is 2. The summed E-state index contributed by atoms with van der Waals surface area (Å²) >= 11 is 0. The molecule has 0 spiro atoms. The van der Waals surface area contributed by atoms with Gasteiger partial charge in [-0.15, -0.1) is 0 Å². The molecule has 3 nitrogen and oxygen atoms in total. The van der Waals surface area contributed by atoms with E-state index in [1.54, 1.807) is 12.1 Å². The zero-order valence-electron chi connectivity index (χ0n) is 13.4. The van der Waals surface area contributed by atoms with E-state index in [-0.39, 0.29) is 6.04 Å². The van der Waals surface area contributed by atoms with Crippen molar-refractivity contribution in [3.05, 3.63) is 42.5 Å². The summed E-state index contributed by atoms with van der Waals surface area (Å²) < 4.78 is 28.4. The van der Waals surface area contributed by atoms with Crippen LogP contribution in [0.4, 0.5) is 0 Å². The second-order valence-electron chi connectivity index (χ2n) is 7.26. The lowest BCUT2D eigenvalue weighted by atomic mass is 9.84. The van der Waals surface area contributed by atoms with Gasteiger partial charge in [0.1, 0.15) is 0 Å². The van der Waals surface area contributed by atoms with Gasteiger partial charge in [-0.1, -0.05) is 36.8 Å². The molecule has 2 aromatic carbocycles. The lowest BCUT2D eigenvalue weighted by Gasteiger charge is -2.28. The van der Waals surface area contributed by atoms with Crippen LogP contribution in [-0.2, 0) is 10.0 Å². The first-order valence-electron chi connectivity index (χ1n) is 8.54. The van der Waals surface area contributed by atoms with Gasteiger partial charge in [0.15, 0.2) is 0 Å². The molecule has 1 N–H and O–H groups in total. The summed E-state index contributed by atoms with van der Waals surface area (Å²) in [6.07, 6.45) is 5.10. The van der Waals surface area contributed by atoms with Crippen LogP contribution in [0.3, 0.4) is 0 Å². The minimum atomic E-state index is -3.46. The molecule has 2 aromatic rings. The molecule has 4 rings (SSSR count). The second-order valence-corrected chi connectivity index (χ2v) is 8.97. The van der Waals surface area contributed by atoms with E-state index in [4.69, 9.17) is 0 Å². The molecule has 122 valence electrons. The Morgan fingerprint density at radius 1 is 1.04 bits per heavy atom. The zero-order chi connectivity index (χ0) is 16.0. The standard InChI is InChI=1S/C19H23NO2S/c1-13(19-11-14-6-7-17(19)10-14)20-23(21,22)18-9-8-15-4-2-3-5-16(15)12-18/h2-5,8-9,12-14,17,19-20H,6-7,10-11H2,1H3/t13-,14-,17+,19-/m0/s1. The Kier molecular flexibility index (Phi) is 3.69. The van der Waals surface area contributed by atoms with Gasteiger partial charge >= 0.3 is 0 Å². The SMILES string of the molecule is C[C@H](NS(=O)(=O)c1ccc2ccccc2c1)[C@@H]1C[C@H]2CC[C@@H]1C2. The molecule has 0 amide bonds. The minimum Gasteiger partial charge on any atom is -0.208 e. The number of benzene rings is 2. The Balaban J connectivity index is 1.56. The third-order valence-electron chi connectivity index (χ3n) is 5.81. The third-order valence-corrected chi connectivity index (χ3v) is 7.36. The van der Waals surface area contributed by atoms with Crippen molar-refractivity contribution in [2.24, 2.45) is 17.8 Å². The van der Waals surface area contributed by atoms with Crippen molar-refractivity contribution in [1.29, 1.82) is 0 Å². The van der Waals surface area contributed by atoms with Gasteiger partial charge in [-0.2, -0.15) is 0 Å². The fraction of sp³-hybridized carbons (Fsp3) is 0.474. The quantitative estimate of drug-likeness (QED) is 0.923. The largest absolute Gasteiger partial charge is 0.240 e. The van der Waals surface area contributed by atoms with Crippen molar-refractivity contribution in [3.8, 4) is 0 Å². The highest BCUT2D eigenvalue weighted by atomic mass is 32.2. The lowest BCUT2D eigenvalue weighted by Crippen LogP contribution is -2.40. The molecular weight excluding hydrogens is 306 g/mol. The molecule has 0 aliphatic heterocycles. The Morgan fingerprint density at radius 2 is 1.83 bits per heavy atom. The Bertz CT molecular complexity index is 830. The van der Waals surface area contributed by atoms with Crippen LogP contribution < -0.4 is 4.72 Å². The monoisotopic (exact) mass is 329 g/mol. The van der Waals surface area contributed by atoms with E-state index in [1.807, 2.05) is 37.3 Å². The van der Waals surface area contributed by atoms with Gasteiger partial charge in [0.25, 0.3) is 0 Å². The molecule has 4 atom stereocenters. The number of hydrogen-bond donors (Lipinski definition) is 1. The summed E-state index contributed by atoms with van der Waals surface area (Å²) in [7, 11) is -3.46. The fourth-order valence-corrected chi connectivity index (χ4v) is 5.97. The van der Waals surface area contributed by atoms with E-state index < -0.39 is 10.0 Å². The molecule has 0 aromatic heterocycles. The van der Waals surface area contributed by atoms with Crippen LogP contribution in [0.25, 0.3) is 10.8 Å². The average Bonchev–Trinajstić information content (AvgIpc) is 3.17. The predicted octanol–water partition coefficient (Wildman–Crippen LogP) is 3.94. The van der Waals surface area contributed by atoms with Crippen LogP contribution in [0.2, 0.25) is 0 Å². The molecule has 2 aliphatic rings. The summed E-state index contributed by atoms with van der Waals surface area (Å²) in [4.78, 5) is 0.367. The Morgan fingerprint density at radius 3 is 2.52 bits per heavy atom. The normalized spacial score (nSPS) is 28.3. The van der Waals surface area contributed by atoms with E-state index in [0.29, 0.717) is 16.7 Å². The summed E-state index contributed by atoms with van der Waals surface area (Å²) in [5.41, 5.74) is 0. The smallest absolute Gasteiger partial charge is 0.208 e. The molecule has 2 bridgehead atoms. The minimum absolute atomic E-state index is 0.0155. The number of fused-ring (bicyclic) bond motifs is 3. The summed E-state index contributed by atoms with van der Waals surface area (Å²) in [5, 5.41) is 2.02. The number of nitrogens with one attached hydrogen (secondary N) is 1. The lowest BCUT2D eigenvalue weighted by molar-refractivity contribution is 0.280. The van der Waals surface area contributed by atoms with E-state index in [9.17, 15) is 8.42 Å². The molecular formula is C19H23NO2S. The molecule has 0 radical (unpaired) electrons. The van der Waals surface area contributed by atoms with Crippen LogP contribution in [0.5, 0.6) is 0 Å². The number of rotatable bonds is 4. The van der Waals surface area contributed by atoms with Gasteiger partial charge < -0.3 is 0 Å². The van der Waals surface area contributed by atoms with Gasteiger partial charge in [0.05, 0.1) is 4.90 Å². The van der Waals surface area contributed by atoms with Gasteiger partial charge in [-0.05, 0) is 66.8 Å². The van der Waals surface area contributed by atoms with Crippen molar-refractivity contribution in [2.75, 3.05) is 0 Å². The molecule has 2 aliphatic carbocycles. The molecule has 2 saturated carbocycles. The first-order chi connectivity index (χ1) is 11.0. The molecule has 0 unspecified atom stereocenters. The maximum Gasteiger partial charge on any atom is 0.240 e. The van der Waals surface area contributed by atoms with Gasteiger partial charge in [-0.3, -0.25) is 0 Å². The second kappa shape index (κ2) is 5.60. The maximum atomic E-state index is 12.7. The Labute approximate surface area is 138 Å². The van der Waals surface area contributed by atoms with Crippen LogP contribution in [0.15, 0.2) is 47.4 Å². The highest BCUT2D eigenvalue weighted by Gasteiger charge is 2.42. The first kappa shape index (κ1) is 15.2. The molecule has 0 heterocycles. The van der Waals surface area contributed by atoms with Gasteiger partial charge in [0.2, 0.25) is 10.0 Å². The van der Waals surface area contributed by atoms with E-state index in [1.165, 1.54) is 25.7 Å². The average molecular weight is 329 g/mol. The van der Waals surface area contributed by atoms with E-state index >= 15 is 0 Å². The topological polar surface area (TPSA) is 46.2 Å². The zero-order valence-corrected chi connectivity index (χ0v) is 14.2. The van der Waals surface area contributed by atoms with Crippen molar-refractivity contribution in [1.82, 2.24) is 4.72 Å². The van der Waals surface area contributed by atoms with Crippen molar-refractivity contribution >= 4 is 20.8 Å². The third kappa shape index (κ3) is 2.79. The van der Waals surface area contributed by atoms with E-state index in [0.717, 1.165) is 16.7 Å². The van der Waals surface area contributed by atoms with Crippen molar-refractivity contribution in [3.63, 3.8) is 0 Å². The van der Waals surface area contributed by atoms with Crippen LogP contribution >= 0.6 is 0 Å². The molecule has 23 heavy (non-hydrogen) atoms. The fourth-order valence-electron chi connectivity index (χ4n) is 4.64.